The highest BCUT2D eigenvalue weighted by molar-refractivity contribution is 6.03. The van der Waals surface area contributed by atoms with Gasteiger partial charge in [-0.2, -0.15) is 4.80 Å². The Hall–Kier alpha value is -3.10. The maximum Gasteiger partial charge on any atom is 0.328 e. The highest BCUT2D eigenvalue weighted by Crippen LogP contribution is 2.13. The fourth-order valence-electron chi connectivity index (χ4n) is 1.49. The van der Waals surface area contributed by atoms with Gasteiger partial charge in [-0.15, -0.1) is 5.10 Å². The summed E-state index contributed by atoms with van der Waals surface area (Å²) in [7, 11) is 1.52. The van der Waals surface area contributed by atoms with E-state index in [2.05, 4.69) is 20.7 Å². The zero-order chi connectivity index (χ0) is 15.4. The Balaban J connectivity index is 2.16. The van der Waals surface area contributed by atoms with Crippen LogP contribution in [0.3, 0.4) is 0 Å². The Morgan fingerprint density at radius 2 is 2.19 bits per heavy atom. The van der Waals surface area contributed by atoms with Crippen LogP contribution in [0.5, 0.6) is 0 Å². The Morgan fingerprint density at radius 3 is 2.76 bits per heavy atom. The summed E-state index contributed by atoms with van der Waals surface area (Å²) in [6.07, 6.45) is 2.09. The third-order valence-corrected chi connectivity index (χ3v) is 2.39. The molecule has 0 atom stereocenters. The van der Waals surface area contributed by atoms with Gasteiger partial charge in [0.1, 0.15) is 5.82 Å². The number of rotatable bonds is 4. The number of halogens is 1. The summed E-state index contributed by atoms with van der Waals surface area (Å²) in [5.41, 5.74) is 0.110. The van der Waals surface area contributed by atoms with E-state index >= 15 is 0 Å². The minimum Gasteiger partial charge on any atom is -0.478 e. The number of tetrazole rings is 1. The first kappa shape index (κ1) is 14.3. The second kappa shape index (κ2) is 5.90. The van der Waals surface area contributed by atoms with Gasteiger partial charge in [0, 0.05) is 6.08 Å². The van der Waals surface area contributed by atoms with Crippen LogP contribution in [-0.4, -0.2) is 37.2 Å². The Morgan fingerprint density at radius 1 is 1.43 bits per heavy atom. The van der Waals surface area contributed by atoms with Crippen LogP contribution in [0, 0.1) is 5.82 Å². The molecule has 0 aliphatic carbocycles. The average molecular weight is 291 g/mol. The van der Waals surface area contributed by atoms with Gasteiger partial charge in [-0.3, -0.25) is 10.1 Å². The van der Waals surface area contributed by atoms with Crippen molar-refractivity contribution >= 4 is 23.9 Å². The van der Waals surface area contributed by atoms with Crippen molar-refractivity contribution in [1.29, 1.82) is 0 Å². The summed E-state index contributed by atoms with van der Waals surface area (Å²) in [6, 6.07) is 3.71. The molecule has 1 heterocycles. The first-order valence-electron chi connectivity index (χ1n) is 5.71. The molecule has 0 saturated heterocycles. The largest absolute Gasteiger partial charge is 0.478 e. The van der Waals surface area contributed by atoms with Gasteiger partial charge >= 0.3 is 5.97 Å². The van der Waals surface area contributed by atoms with Crippen LogP contribution in [0.4, 0.5) is 10.3 Å². The molecule has 0 spiro atoms. The van der Waals surface area contributed by atoms with Crippen LogP contribution < -0.4 is 5.32 Å². The average Bonchev–Trinajstić information content (AvgIpc) is 2.81. The molecule has 21 heavy (non-hydrogen) atoms. The molecular weight excluding hydrogens is 281 g/mol. The maximum absolute atomic E-state index is 13.8. The van der Waals surface area contributed by atoms with Crippen molar-refractivity contribution in [2.24, 2.45) is 7.05 Å². The number of benzene rings is 1. The topological polar surface area (TPSA) is 110 Å². The molecule has 2 N–H and O–H groups in total. The number of carboxylic acid groups (broad SMARTS) is 1. The summed E-state index contributed by atoms with van der Waals surface area (Å²) in [4.78, 5) is 23.4. The number of carbonyl (C=O) groups is 2. The lowest BCUT2D eigenvalue weighted by atomic mass is 10.1. The van der Waals surface area contributed by atoms with E-state index in [-0.39, 0.29) is 11.5 Å². The van der Waals surface area contributed by atoms with Crippen LogP contribution in [0.25, 0.3) is 6.08 Å². The van der Waals surface area contributed by atoms with Crippen molar-refractivity contribution in [3.05, 3.63) is 41.2 Å². The molecule has 8 nitrogen and oxygen atoms in total. The molecule has 1 amide bonds. The van der Waals surface area contributed by atoms with Crippen LogP contribution in [0.15, 0.2) is 24.3 Å². The molecule has 2 aromatic rings. The van der Waals surface area contributed by atoms with Gasteiger partial charge in [0.05, 0.1) is 12.6 Å². The summed E-state index contributed by atoms with van der Waals surface area (Å²) >= 11 is 0. The number of anilines is 1. The van der Waals surface area contributed by atoms with E-state index in [1.807, 2.05) is 0 Å². The predicted molar refractivity (Wildman–Crippen MR) is 69.8 cm³/mol. The normalized spacial score (nSPS) is 10.8. The smallest absolute Gasteiger partial charge is 0.328 e. The van der Waals surface area contributed by atoms with Crippen LogP contribution >= 0.6 is 0 Å². The summed E-state index contributed by atoms with van der Waals surface area (Å²) < 4.78 is 13.8. The predicted octanol–water partition coefficient (Wildman–Crippen LogP) is 0.699. The molecule has 1 aromatic heterocycles. The van der Waals surface area contributed by atoms with Gasteiger partial charge in [-0.05, 0) is 29.0 Å². The van der Waals surface area contributed by atoms with E-state index in [0.29, 0.717) is 5.56 Å². The first-order chi connectivity index (χ1) is 9.95. The third kappa shape index (κ3) is 3.69. The number of carboxylic acids is 1. The first-order valence-corrected chi connectivity index (χ1v) is 5.71. The van der Waals surface area contributed by atoms with Crippen molar-refractivity contribution < 1.29 is 19.1 Å². The number of aromatic nitrogens is 4. The summed E-state index contributed by atoms with van der Waals surface area (Å²) in [5.74, 6) is -2.71. The molecule has 0 aliphatic rings. The highest BCUT2D eigenvalue weighted by Gasteiger charge is 2.14. The van der Waals surface area contributed by atoms with Crippen molar-refractivity contribution in [2.75, 3.05) is 5.32 Å². The molecule has 108 valence electrons. The number of nitrogens with zero attached hydrogens (tertiary/aromatic N) is 4. The lowest BCUT2D eigenvalue weighted by Crippen LogP contribution is -2.15. The van der Waals surface area contributed by atoms with E-state index in [0.717, 1.165) is 16.9 Å². The van der Waals surface area contributed by atoms with E-state index in [1.165, 1.54) is 25.3 Å². The fourth-order valence-corrected chi connectivity index (χ4v) is 1.49. The molecule has 2 rings (SSSR count). The van der Waals surface area contributed by atoms with E-state index in [4.69, 9.17) is 5.11 Å². The molecule has 0 saturated carbocycles. The van der Waals surface area contributed by atoms with Crippen LogP contribution in [-0.2, 0) is 11.8 Å². The minimum absolute atomic E-state index is 0.0447. The molecule has 0 aliphatic heterocycles. The third-order valence-electron chi connectivity index (χ3n) is 2.39. The zero-order valence-electron chi connectivity index (χ0n) is 10.8. The number of aliphatic carboxylic acids is 1. The number of aryl methyl sites for hydroxylation is 1. The second-order valence-electron chi connectivity index (χ2n) is 3.97. The minimum atomic E-state index is -1.15. The Kier molecular flexibility index (Phi) is 4.02. The number of nitrogens with one attached hydrogen (secondary N) is 1. The Labute approximate surface area is 117 Å². The standard InChI is InChI=1S/C12H10FN5O3/c1-18-16-12(15-17-18)14-11(21)8-4-2-7(6-9(8)13)3-5-10(19)20/h2-6H,1H3,(H,19,20)(H,14,16,21)/b5-3+. The molecule has 0 fully saturated rings. The maximum atomic E-state index is 13.8. The number of hydrogen-bond donors (Lipinski definition) is 2. The van der Waals surface area contributed by atoms with Crippen molar-refractivity contribution in [1.82, 2.24) is 20.2 Å². The summed E-state index contributed by atoms with van der Waals surface area (Å²) in [6.45, 7) is 0. The van der Waals surface area contributed by atoms with E-state index < -0.39 is 17.7 Å². The zero-order valence-corrected chi connectivity index (χ0v) is 10.8. The van der Waals surface area contributed by atoms with Gasteiger partial charge in [-0.25, -0.2) is 9.18 Å². The van der Waals surface area contributed by atoms with Gasteiger partial charge in [-0.1, -0.05) is 11.2 Å². The van der Waals surface area contributed by atoms with Crippen molar-refractivity contribution in [3.63, 3.8) is 0 Å². The molecule has 9 heteroatoms. The molecular formula is C12H10FN5O3. The van der Waals surface area contributed by atoms with E-state index in [1.54, 1.807) is 0 Å². The number of amides is 1. The monoisotopic (exact) mass is 291 g/mol. The molecule has 0 bridgehead atoms. The van der Waals surface area contributed by atoms with Gasteiger partial charge in [0.25, 0.3) is 11.9 Å². The highest BCUT2D eigenvalue weighted by atomic mass is 19.1. The lowest BCUT2D eigenvalue weighted by Gasteiger charge is -2.03. The van der Waals surface area contributed by atoms with Gasteiger partial charge in [0.2, 0.25) is 0 Å². The quantitative estimate of drug-likeness (QED) is 0.802. The Bertz CT molecular complexity index is 725. The SMILES string of the molecule is Cn1nnc(NC(=O)c2ccc(/C=C/C(=O)O)cc2F)n1. The molecule has 0 unspecified atom stereocenters. The molecule has 1 aromatic carbocycles. The van der Waals surface area contributed by atoms with E-state index in [9.17, 15) is 14.0 Å². The van der Waals surface area contributed by atoms with Gasteiger partial charge in [0.15, 0.2) is 0 Å². The fraction of sp³-hybridized carbons (Fsp3) is 0.0833. The van der Waals surface area contributed by atoms with Crippen molar-refractivity contribution in [2.45, 2.75) is 0 Å². The van der Waals surface area contributed by atoms with Crippen LogP contribution in [0.2, 0.25) is 0 Å². The molecule has 0 radical (unpaired) electrons. The number of carbonyl (C=O) groups excluding carboxylic acids is 1. The number of hydrogen-bond acceptors (Lipinski definition) is 5. The van der Waals surface area contributed by atoms with Crippen molar-refractivity contribution in [3.8, 4) is 0 Å². The summed E-state index contributed by atoms with van der Waals surface area (Å²) in [5, 5.41) is 21.6. The second-order valence-corrected chi connectivity index (χ2v) is 3.97. The van der Waals surface area contributed by atoms with Crippen LogP contribution in [0.1, 0.15) is 15.9 Å². The lowest BCUT2D eigenvalue weighted by molar-refractivity contribution is -0.131. The van der Waals surface area contributed by atoms with Gasteiger partial charge < -0.3 is 5.11 Å².